The molecule has 0 aliphatic heterocycles. The average molecular weight is 388 g/mol. The second kappa shape index (κ2) is 5.59. The van der Waals surface area contributed by atoms with Gasteiger partial charge in [-0.05, 0) is 30.7 Å². The van der Waals surface area contributed by atoms with Gasteiger partial charge in [0.05, 0.1) is 21.9 Å². The van der Waals surface area contributed by atoms with Crippen LogP contribution in [0, 0.1) is 12.7 Å². The van der Waals surface area contributed by atoms with Gasteiger partial charge in [-0.3, -0.25) is 4.57 Å². The summed E-state index contributed by atoms with van der Waals surface area (Å²) in [6.07, 6.45) is 0. The van der Waals surface area contributed by atoms with E-state index in [4.69, 9.17) is 23.2 Å². The van der Waals surface area contributed by atoms with Crippen molar-refractivity contribution in [1.82, 2.24) is 9.55 Å². The van der Waals surface area contributed by atoms with Crippen LogP contribution in [0.1, 0.15) is 11.4 Å². The minimum Gasteiger partial charge on any atom is -0.295 e. The molecule has 0 fully saturated rings. The van der Waals surface area contributed by atoms with Crippen LogP contribution in [0.5, 0.6) is 0 Å². The van der Waals surface area contributed by atoms with Crippen molar-refractivity contribution in [2.45, 2.75) is 12.8 Å². The monoisotopic (exact) mass is 386 g/mol. The van der Waals surface area contributed by atoms with E-state index in [1.807, 2.05) is 29.7 Å². The minimum absolute atomic E-state index is 0.0657. The quantitative estimate of drug-likeness (QED) is 0.521. The molecule has 3 aromatic rings. The van der Waals surface area contributed by atoms with Crippen molar-refractivity contribution in [1.29, 1.82) is 0 Å². The number of alkyl halides is 1. The second-order valence-corrected chi connectivity index (χ2v) is 6.21. The molecule has 0 aliphatic carbocycles. The van der Waals surface area contributed by atoms with E-state index in [1.165, 1.54) is 6.07 Å². The topological polar surface area (TPSA) is 17.8 Å². The lowest BCUT2D eigenvalue weighted by molar-refractivity contribution is 0.630. The molecule has 0 N–H and O–H groups in total. The normalized spacial score (nSPS) is 11.3. The van der Waals surface area contributed by atoms with E-state index in [-0.39, 0.29) is 10.9 Å². The van der Waals surface area contributed by atoms with Gasteiger partial charge in [0.1, 0.15) is 11.6 Å². The predicted molar refractivity (Wildman–Crippen MR) is 88.0 cm³/mol. The van der Waals surface area contributed by atoms with E-state index in [2.05, 4.69) is 20.9 Å². The molecule has 0 bridgehead atoms. The highest BCUT2D eigenvalue weighted by Gasteiger charge is 2.15. The number of halogens is 4. The van der Waals surface area contributed by atoms with Crippen molar-refractivity contribution >= 4 is 50.2 Å². The molecule has 0 spiro atoms. The molecule has 1 heterocycles. The highest BCUT2D eigenvalue weighted by molar-refractivity contribution is 9.10. The summed E-state index contributed by atoms with van der Waals surface area (Å²) in [6.45, 7) is 2.01. The predicted octanol–water partition coefficient (Wildman–Crippen LogP) is 5.63. The van der Waals surface area contributed by atoms with Crippen molar-refractivity contribution in [3.05, 3.63) is 57.0 Å². The summed E-state index contributed by atoms with van der Waals surface area (Å²) in [7, 11) is 0. The van der Waals surface area contributed by atoms with Gasteiger partial charge in [0, 0.05) is 16.2 Å². The van der Waals surface area contributed by atoms with Crippen molar-refractivity contribution in [3.8, 4) is 5.69 Å². The molecule has 3 rings (SSSR count). The van der Waals surface area contributed by atoms with Crippen LogP contribution in [0.25, 0.3) is 16.7 Å². The standard InChI is InChI=1S/C15H10BrCl2FN2/c1-8-2-3-9(4-10(8)16)21-14-5-11(18)12(19)6-13(14)20-15(21)7-17/h2-6H,7H2,1H3. The second-order valence-electron chi connectivity index (χ2n) is 4.69. The number of rotatable bonds is 2. The Balaban J connectivity index is 2.34. The Kier molecular flexibility index (Phi) is 3.95. The largest absolute Gasteiger partial charge is 0.295 e. The van der Waals surface area contributed by atoms with Crippen molar-refractivity contribution < 1.29 is 4.39 Å². The van der Waals surface area contributed by atoms with E-state index in [1.54, 1.807) is 6.07 Å². The fourth-order valence-electron chi connectivity index (χ4n) is 2.22. The zero-order valence-electron chi connectivity index (χ0n) is 11.0. The van der Waals surface area contributed by atoms with Crippen LogP contribution in [-0.2, 0) is 5.88 Å². The van der Waals surface area contributed by atoms with Crippen LogP contribution < -0.4 is 0 Å². The molecule has 0 radical (unpaired) electrons. The molecule has 2 aromatic carbocycles. The number of aryl methyl sites for hydroxylation is 1. The van der Waals surface area contributed by atoms with Crippen molar-refractivity contribution in [2.24, 2.45) is 0 Å². The fraction of sp³-hybridized carbons (Fsp3) is 0.133. The lowest BCUT2D eigenvalue weighted by Crippen LogP contribution is -1.99. The summed E-state index contributed by atoms with van der Waals surface area (Å²) in [5.74, 6) is 0.378. The SMILES string of the molecule is Cc1ccc(-n2c(CCl)nc3cc(F)c(Cl)cc32)cc1Br. The number of hydrogen-bond acceptors (Lipinski definition) is 1. The summed E-state index contributed by atoms with van der Waals surface area (Å²) in [5.41, 5.74) is 3.28. The van der Waals surface area contributed by atoms with Gasteiger partial charge in [-0.25, -0.2) is 9.37 Å². The number of hydrogen-bond donors (Lipinski definition) is 0. The van der Waals surface area contributed by atoms with E-state index >= 15 is 0 Å². The maximum Gasteiger partial charge on any atom is 0.144 e. The molecule has 6 heteroatoms. The molecule has 21 heavy (non-hydrogen) atoms. The maximum absolute atomic E-state index is 13.6. The summed E-state index contributed by atoms with van der Waals surface area (Å²) in [5, 5.41) is 0.0657. The van der Waals surface area contributed by atoms with Crippen LogP contribution >= 0.6 is 39.1 Å². The van der Waals surface area contributed by atoms with Crippen LogP contribution in [0.3, 0.4) is 0 Å². The first-order valence-electron chi connectivity index (χ1n) is 6.20. The lowest BCUT2D eigenvalue weighted by Gasteiger charge is -2.10. The third-order valence-electron chi connectivity index (χ3n) is 3.30. The molecule has 0 unspecified atom stereocenters. The molecule has 0 atom stereocenters. The Bertz CT molecular complexity index is 845. The Morgan fingerprint density at radius 1 is 1.29 bits per heavy atom. The summed E-state index contributed by atoms with van der Waals surface area (Å²) >= 11 is 15.4. The van der Waals surface area contributed by atoms with E-state index in [0.717, 1.165) is 21.2 Å². The summed E-state index contributed by atoms with van der Waals surface area (Å²) in [6, 6.07) is 8.84. The first-order chi connectivity index (χ1) is 10.0. The molecule has 0 saturated heterocycles. The Morgan fingerprint density at radius 3 is 2.71 bits per heavy atom. The van der Waals surface area contributed by atoms with Gasteiger partial charge in [-0.15, -0.1) is 11.6 Å². The highest BCUT2D eigenvalue weighted by Crippen LogP contribution is 2.29. The molecule has 1 aromatic heterocycles. The molecule has 2 nitrogen and oxygen atoms in total. The van der Waals surface area contributed by atoms with Gasteiger partial charge < -0.3 is 0 Å². The maximum atomic E-state index is 13.6. The molecular weight excluding hydrogens is 378 g/mol. The van der Waals surface area contributed by atoms with E-state index in [9.17, 15) is 4.39 Å². The highest BCUT2D eigenvalue weighted by atomic mass is 79.9. The van der Waals surface area contributed by atoms with Crippen LogP contribution in [-0.4, -0.2) is 9.55 Å². The van der Waals surface area contributed by atoms with Gasteiger partial charge >= 0.3 is 0 Å². The summed E-state index contributed by atoms with van der Waals surface area (Å²) in [4.78, 5) is 4.38. The third-order valence-corrected chi connectivity index (χ3v) is 4.68. The van der Waals surface area contributed by atoms with Crippen LogP contribution in [0.15, 0.2) is 34.8 Å². The average Bonchev–Trinajstić information content (AvgIpc) is 2.80. The lowest BCUT2D eigenvalue weighted by atomic mass is 10.2. The zero-order valence-corrected chi connectivity index (χ0v) is 14.1. The Labute approximate surface area is 139 Å². The van der Waals surface area contributed by atoms with Crippen molar-refractivity contribution in [3.63, 3.8) is 0 Å². The molecule has 0 aliphatic rings. The summed E-state index contributed by atoms with van der Waals surface area (Å²) < 4.78 is 16.5. The fourth-order valence-corrected chi connectivity index (χ4v) is 2.93. The van der Waals surface area contributed by atoms with Gasteiger partial charge in [0.25, 0.3) is 0 Å². The molecule has 108 valence electrons. The number of imidazole rings is 1. The van der Waals surface area contributed by atoms with Gasteiger partial charge in [0.15, 0.2) is 0 Å². The number of benzene rings is 2. The number of fused-ring (bicyclic) bond motifs is 1. The molecule has 0 saturated carbocycles. The van der Waals surface area contributed by atoms with Gasteiger partial charge in [-0.1, -0.05) is 33.6 Å². The number of aromatic nitrogens is 2. The zero-order chi connectivity index (χ0) is 15.1. The van der Waals surface area contributed by atoms with E-state index in [0.29, 0.717) is 11.3 Å². The third kappa shape index (κ3) is 2.56. The first-order valence-corrected chi connectivity index (χ1v) is 7.90. The molecule has 0 amide bonds. The van der Waals surface area contributed by atoms with E-state index < -0.39 is 5.82 Å². The minimum atomic E-state index is -0.486. The van der Waals surface area contributed by atoms with Gasteiger partial charge in [-0.2, -0.15) is 0 Å². The Hall–Kier alpha value is -1.10. The van der Waals surface area contributed by atoms with Crippen LogP contribution in [0.4, 0.5) is 4.39 Å². The first kappa shape index (κ1) is 14.8. The Morgan fingerprint density at radius 2 is 2.05 bits per heavy atom. The number of nitrogens with zero attached hydrogens (tertiary/aromatic N) is 2. The van der Waals surface area contributed by atoms with Gasteiger partial charge in [0.2, 0.25) is 0 Å². The van der Waals surface area contributed by atoms with Crippen LogP contribution in [0.2, 0.25) is 5.02 Å². The molecular formula is C15H10BrCl2FN2. The van der Waals surface area contributed by atoms with Crippen molar-refractivity contribution in [2.75, 3.05) is 0 Å². The smallest absolute Gasteiger partial charge is 0.144 e.